The number of hydrogen-bond acceptors (Lipinski definition) is 7. The van der Waals surface area contributed by atoms with E-state index in [-0.39, 0.29) is 5.78 Å². The first-order valence-electron chi connectivity index (χ1n) is 11.2. The zero-order chi connectivity index (χ0) is 23.8. The van der Waals surface area contributed by atoms with Crippen molar-refractivity contribution in [3.63, 3.8) is 0 Å². The fraction of sp³-hybridized carbons (Fsp3) is 0.115. The lowest BCUT2D eigenvalue weighted by molar-refractivity contribution is -0.118. The van der Waals surface area contributed by atoms with E-state index in [0.29, 0.717) is 24.3 Å². The van der Waals surface area contributed by atoms with E-state index < -0.39 is 0 Å². The number of carbonyl (C=O) groups excluding carboxylic acids is 1. The average molecular weight is 461 g/mol. The number of imidazole rings is 1. The van der Waals surface area contributed by atoms with Crippen molar-refractivity contribution in [2.45, 2.75) is 19.8 Å². The summed E-state index contributed by atoms with van der Waals surface area (Å²) >= 11 is 0. The van der Waals surface area contributed by atoms with E-state index in [1.165, 1.54) is 0 Å². The van der Waals surface area contributed by atoms with Gasteiger partial charge in [0.15, 0.2) is 11.5 Å². The van der Waals surface area contributed by atoms with Crippen LogP contribution in [0.3, 0.4) is 0 Å². The van der Waals surface area contributed by atoms with Crippen LogP contribution in [0.25, 0.3) is 55.8 Å². The van der Waals surface area contributed by atoms with Crippen molar-refractivity contribution in [3.8, 4) is 33.8 Å². The number of pyridine rings is 4. The molecule has 0 atom stereocenters. The van der Waals surface area contributed by atoms with E-state index in [4.69, 9.17) is 4.98 Å². The molecule has 9 nitrogen and oxygen atoms in total. The summed E-state index contributed by atoms with van der Waals surface area (Å²) in [4.78, 5) is 37.4. The second-order valence-corrected chi connectivity index (χ2v) is 8.21. The monoisotopic (exact) mass is 460 g/mol. The van der Waals surface area contributed by atoms with Crippen molar-refractivity contribution in [1.82, 2.24) is 40.1 Å². The Hall–Kier alpha value is -4.79. The van der Waals surface area contributed by atoms with E-state index in [1.54, 1.807) is 37.2 Å². The first-order valence-corrected chi connectivity index (χ1v) is 11.2. The topological polar surface area (TPSA) is 126 Å². The second kappa shape index (κ2) is 8.53. The Morgan fingerprint density at radius 1 is 0.914 bits per heavy atom. The van der Waals surface area contributed by atoms with Crippen LogP contribution in [0.1, 0.15) is 19.0 Å². The number of Topliss-reactive ketones (excluding diaryl/α,β-unsaturated/α-hetero) is 1. The summed E-state index contributed by atoms with van der Waals surface area (Å²) in [5.41, 5.74) is 7.45. The van der Waals surface area contributed by atoms with Crippen LogP contribution in [-0.2, 0) is 11.2 Å². The van der Waals surface area contributed by atoms with Crippen LogP contribution in [-0.4, -0.2) is 45.9 Å². The molecule has 0 radical (unpaired) electrons. The Morgan fingerprint density at radius 2 is 1.77 bits per heavy atom. The number of aromatic amines is 2. The predicted octanol–water partition coefficient (Wildman–Crippen LogP) is 4.54. The molecule has 0 unspecified atom stereocenters. The highest BCUT2D eigenvalue weighted by Crippen LogP contribution is 2.31. The molecule has 6 aromatic rings. The van der Waals surface area contributed by atoms with Gasteiger partial charge in [-0.05, 0) is 29.8 Å². The molecule has 0 saturated carbocycles. The minimum Gasteiger partial charge on any atom is -0.335 e. The molecule has 6 heterocycles. The van der Waals surface area contributed by atoms with E-state index >= 15 is 0 Å². The number of hydrogen-bond donors (Lipinski definition) is 2. The maximum absolute atomic E-state index is 11.7. The minimum atomic E-state index is 0.171. The van der Waals surface area contributed by atoms with Crippen LogP contribution in [0.5, 0.6) is 0 Å². The third-order valence-corrected chi connectivity index (χ3v) is 5.96. The van der Waals surface area contributed by atoms with Crippen molar-refractivity contribution >= 4 is 27.9 Å². The molecule has 170 valence electrons. The lowest BCUT2D eigenvalue weighted by Gasteiger charge is -2.03. The quantitative estimate of drug-likeness (QED) is 0.374. The number of H-pyrrole nitrogens is 2. The summed E-state index contributed by atoms with van der Waals surface area (Å²) in [6, 6.07) is 9.73. The third kappa shape index (κ3) is 3.82. The van der Waals surface area contributed by atoms with Crippen molar-refractivity contribution in [2.24, 2.45) is 0 Å². The van der Waals surface area contributed by atoms with Crippen LogP contribution < -0.4 is 0 Å². The molecule has 0 saturated heterocycles. The molecule has 9 heteroatoms. The Labute approximate surface area is 199 Å². The Morgan fingerprint density at radius 3 is 2.57 bits per heavy atom. The lowest BCUT2D eigenvalue weighted by Crippen LogP contribution is -2.02. The maximum atomic E-state index is 11.7. The van der Waals surface area contributed by atoms with Gasteiger partial charge in [-0.2, -0.15) is 5.10 Å². The minimum absolute atomic E-state index is 0.171. The molecular formula is C26H20N8O. The fourth-order valence-electron chi connectivity index (χ4n) is 4.06. The number of aromatic nitrogens is 8. The highest BCUT2D eigenvalue weighted by Gasteiger charge is 2.16. The Balaban J connectivity index is 1.40. The molecule has 0 aliphatic heterocycles. The largest absolute Gasteiger partial charge is 0.335 e. The van der Waals surface area contributed by atoms with E-state index in [0.717, 1.165) is 50.1 Å². The van der Waals surface area contributed by atoms with Crippen LogP contribution in [0.4, 0.5) is 0 Å². The van der Waals surface area contributed by atoms with Gasteiger partial charge in [0.2, 0.25) is 0 Å². The molecule has 0 aromatic carbocycles. The predicted molar refractivity (Wildman–Crippen MR) is 132 cm³/mol. The highest BCUT2D eigenvalue weighted by molar-refractivity contribution is 5.96. The Kier molecular flexibility index (Phi) is 5.07. The normalized spacial score (nSPS) is 11.3. The first kappa shape index (κ1) is 20.8. The Bertz CT molecular complexity index is 1670. The van der Waals surface area contributed by atoms with Crippen molar-refractivity contribution in [2.75, 3.05) is 0 Å². The molecule has 6 aromatic heterocycles. The van der Waals surface area contributed by atoms with Crippen LogP contribution in [0.2, 0.25) is 0 Å². The first-order chi connectivity index (χ1) is 17.2. The third-order valence-electron chi connectivity index (χ3n) is 5.96. The van der Waals surface area contributed by atoms with Crippen molar-refractivity contribution < 1.29 is 4.79 Å². The van der Waals surface area contributed by atoms with E-state index in [1.807, 2.05) is 37.3 Å². The maximum Gasteiger partial charge on any atom is 0.181 e. The smallest absolute Gasteiger partial charge is 0.181 e. The number of carbonyl (C=O) groups is 1. The molecular weight excluding hydrogens is 440 g/mol. The summed E-state index contributed by atoms with van der Waals surface area (Å²) in [5.74, 6) is 0.820. The number of ketones is 1. The van der Waals surface area contributed by atoms with Gasteiger partial charge in [-0.25, -0.2) is 9.97 Å². The molecule has 35 heavy (non-hydrogen) atoms. The molecule has 0 fully saturated rings. The highest BCUT2D eigenvalue weighted by atomic mass is 16.1. The summed E-state index contributed by atoms with van der Waals surface area (Å²) in [6.45, 7) is 1.86. The molecule has 0 bridgehead atoms. The van der Waals surface area contributed by atoms with Gasteiger partial charge in [0, 0.05) is 66.2 Å². The molecule has 0 amide bonds. The zero-order valence-corrected chi connectivity index (χ0v) is 18.9. The second-order valence-electron chi connectivity index (χ2n) is 8.21. The standard InChI is InChI=1S/C26H20N8O/c1-2-19(35)10-18-4-3-16(11-29-18)17-9-20-24(33-34-25(20)30-12-17)26-31-22-14-28-13-21(23(22)32-26)15-5-7-27-8-6-15/h3-9,11-14H,2,10H2,1H3,(H,31,32)(H,30,33,34). The van der Waals surface area contributed by atoms with Gasteiger partial charge in [-0.3, -0.25) is 24.8 Å². The van der Waals surface area contributed by atoms with Crippen LogP contribution >= 0.6 is 0 Å². The summed E-state index contributed by atoms with van der Waals surface area (Å²) in [5, 5.41) is 8.28. The van der Waals surface area contributed by atoms with Gasteiger partial charge in [0.05, 0.1) is 22.6 Å². The molecule has 0 aliphatic carbocycles. The van der Waals surface area contributed by atoms with Gasteiger partial charge < -0.3 is 4.98 Å². The molecule has 2 N–H and O–H groups in total. The number of fused-ring (bicyclic) bond motifs is 2. The SMILES string of the molecule is CCC(=O)Cc1ccc(-c2cnc3n[nH]c(-c4nc5c(-c6ccncc6)cncc5[nH]4)c3c2)cn1. The average Bonchev–Trinajstić information content (AvgIpc) is 3.53. The molecule has 0 aliphatic rings. The number of rotatable bonds is 6. The van der Waals surface area contributed by atoms with E-state index in [9.17, 15) is 4.79 Å². The van der Waals surface area contributed by atoms with E-state index in [2.05, 4.69) is 35.1 Å². The zero-order valence-electron chi connectivity index (χ0n) is 18.9. The van der Waals surface area contributed by atoms with Gasteiger partial charge in [0.1, 0.15) is 11.5 Å². The van der Waals surface area contributed by atoms with Crippen molar-refractivity contribution in [3.05, 3.63) is 73.2 Å². The number of nitrogens with zero attached hydrogens (tertiary/aromatic N) is 6. The van der Waals surface area contributed by atoms with Crippen molar-refractivity contribution in [1.29, 1.82) is 0 Å². The number of nitrogens with one attached hydrogen (secondary N) is 2. The lowest BCUT2D eigenvalue weighted by atomic mass is 10.1. The van der Waals surface area contributed by atoms with Gasteiger partial charge in [-0.1, -0.05) is 13.0 Å². The molecule has 0 spiro atoms. The van der Waals surface area contributed by atoms with Gasteiger partial charge in [-0.15, -0.1) is 0 Å². The molecule has 6 rings (SSSR count). The fourth-order valence-corrected chi connectivity index (χ4v) is 4.06. The summed E-state index contributed by atoms with van der Waals surface area (Å²) in [7, 11) is 0. The summed E-state index contributed by atoms with van der Waals surface area (Å²) < 4.78 is 0. The summed E-state index contributed by atoms with van der Waals surface area (Å²) in [6.07, 6.45) is 11.5. The van der Waals surface area contributed by atoms with Crippen LogP contribution in [0.15, 0.2) is 67.5 Å². The van der Waals surface area contributed by atoms with Gasteiger partial charge in [0.25, 0.3) is 0 Å². The van der Waals surface area contributed by atoms with Crippen LogP contribution in [0, 0.1) is 0 Å². The van der Waals surface area contributed by atoms with Gasteiger partial charge >= 0.3 is 0 Å².